The number of carbonyl (C=O) groups excluding carboxylic acids is 1. The molecule has 1 aromatic rings. The first kappa shape index (κ1) is 14.8. The lowest BCUT2D eigenvalue weighted by Gasteiger charge is -2.32. The number of thiocarbonyl (C=S) groups is 1. The largest absolute Gasteiger partial charge is 0.393 e. The van der Waals surface area contributed by atoms with Crippen LogP contribution in [0.3, 0.4) is 0 Å². The van der Waals surface area contributed by atoms with E-state index in [1.165, 1.54) is 0 Å². The van der Waals surface area contributed by atoms with Crippen molar-refractivity contribution in [2.24, 2.45) is 11.7 Å². The van der Waals surface area contributed by atoms with Gasteiger partial charge in [0.1, 0.15) is 0 Å². The van der Waals surface area contributed by atoms with Crippen molar-refractivity contribution in [3.63, 3.8) is 0 Å². The SMILES string of the molecule is NC(=S)C1CCCN(C(=O)c2ccc(Br)c(Cl)c2)C1. The summed E-state index contributed by atoms with van der Waals surface area (Å²) >= 11 is 14.4. The molecule has 1 unspecified atom stereocenters. The van der Waals surface area contributed by atoms with Crippen LogP contribution < -0.4 is 5.73 Å². The van der Waals surface area contributed by atoms with Crippen molar-refractivity contribution in [3.8, 4) is 0 Å². The zero-order chi connectivity index (χ0) is 14.0. The normalized spacial score (nSPS) is 19.3. The molecule has 0 spiro atoms. The second-order valence-corrected chi connectivity index (χ2v) is 6.35. The van der Waals surface area contributed by atoms with Gasteiger partial charge in [0.05, 0.1) is 10.0 Å². The summed E-state index contributed by atoms with van der Waals surface area (Å²) in [5, 5.41) is 0.536. The van der Waals surface area contributed by atoms with Crippen molar-refractivity contribution >= 4 is 50.6 Å². The van der Waals surface area contributed by atoms with Gasteiger partial charge >= 0.3 is 0 Å². The van der Waals surface area contributed by atoms with Crippen LogP contribution in [0.4, 0.5) is 0 Å². The number of hydrogen-bond acceptors (Lipinski definition) is 2. The minimum Gasteiger partial charge on any atom is -0.393 e. The summed E-state index contributed by atoms with van der Waals surface area (Å²) in [6.45, 7) is 1.34. The van der Waals surface area contributed by atoms with E-state index in [2.05, 4.69) is 15.9 Å². The van der Waals surface area contributed by atoms with E-state index in [9.17, 15) is 4.79 Å². The number of amides is 1. The molecule has 3 nitrogen and oxygen atoms in total. The number of halogens is 2. The van der Waals surface area contributed by atoms with E-state index in [-0.39, 0.29) is 11.8 Å². The van der Waals surface area contributed by atoms with Crippen molar-refractivity contribution in [3.05, 3.63) is 33.3 Å². The van der Waals surface area contributed by atoms with Crippen molar-refractivity contribution in [2.75, 3.05) is 13.1 Å². The number of nitrogens with zero attached hydrogens (tertiary/aromatic N) is 1. The van der Waals surface area contributed by atoms with Gasteiger partial charge in [-0.1, -0.05) is 23.8 Å². The molecule has 0 aromatic heterocycles. The van der Waals surface area contributed by atoms with Crippen LogP contribution >= 0.6 is 39.7 Å². The van der Waals surface area contributed by atoms with Crippen LogP contribution in [0.25, 0.3) is 0 Å². The average Bonchev–Trinajstić information content (AvgIpc) is 2.41. The Hall–Kier alpha value is -0.650. The third-order valence-corrected chi connectivity index (χ3v) is 4.84. The van der Waals surface area contributed by atoms with E-state index in [1.54, 1.807) is 23.1 Å². The van der Waals surface area contributed by atoms with Gasteiger partial charge in [0.15, 0.2) is 0 Å². The van der Waals surface area contributed by atoms with Gasteiger partial charge in [0.2, 0.25) is 0 Å². The first-order valence-corrected chi connectivity index (χ1v) is 7.60. The zero-order valence-corrected chi connectivity index (χ0v) is 13.4. The standard InChI is InChI=1S/C13H14BrClN2OS/c14-10-4-3-8(6-11(10)15)13(18)17-5-1-2-9(7-17)12(16)19/h3-4,6,9H,1-2,5,7H2,(H2,16,19). The topological polar surface area (TPSA) is 46.3 Å². The molecule has 102 valence electrons. The molecule has 1 atom stereocenters. The number of benzene rings is 1. The van der Waals surface area contributed by atoms with E-state index in [1.807, 2.05) is 0 Å². The molecule has 1 amide bonds. The molecule has 0 bridgehead atoms. The van der Waals surface area contributed by atoms with Crippen LogP contribution in [-0.4, -0.2) is 28.9 Å². The van der Waals surface area contributed by atoms with Gasteiger partial charge in [0, 0.05) is 29.0 Å². The lowest BCUT2D eigenvalue weighted by Crippen LogP contribution is -2.43. The molecule has 0 radical (unpaired) electrons. The van der Waals surface area contributed by atoms with Crippen molar-refractivity contribution in [1.29, 1.82) is 0 Å². The van der Waals surface area contributed by atoms with Gasteiger partial charge in [-0.25, -0.2) is 0 Å². The summed E-state index contributed by atoms with van der Waals surface area (Å²) in [6.07, 6.45) is 1.89. The maximum atomic E-state index is 12.4. The Labute approximate surface area is 131 Å². The maximum Gasteiger partial charge on any atom is 0.253 e. The number of likely N-dealkylation sites (tertiary alicyclic amines) is 1. The number of hydrogen-bond donors (Lipinski definition) is 1. The predicted octanol–water partition coefficient (Wildman–Crippen LogP) is 3.24. The Morgan fingerprint density at radius 2 is 2.26 bits per heavy atom. The van der Waals surface area contributed by atoms with Crippen LogP contribution in [0.1, 0.15) is 23.2 Å². The summed E-state index contributed by atoms with van der Waals surface area (Å²) in [7, 11) is 0. The van der Waals surface area contributed by atoms with E-state index in [0.29, 0.717) is 22.1 Å². The Bertz CT molecular complexity index is 523. The first-order chi connectivity index (χ1) is 8.99. The van der Waals surface area contributed by atoms with Gasteiger partial charge < -0.3 is 10.6 Å². The second-order valence-electron chi connectivity index (χ2n) is 4.62. The molecule has 0 aliphatic carbocycles. The lowest BCUT2D eigenvalue weighted by atomic mass is 9.97. The Morgan fingerprint density at radius 1 is 1.53 bits per heavy atom. The van der Waals surface area contributed by atoms with E-state index in [4.69, 9.17) is 29.6 Å². The van der Waals surface area contributed by atoms with Gasteiger partial charge in [-0.05, 0) is 47.0 Å². The molecular weight excluding hydrogens is 348 g/mol. The second kappa shape index (κ2) is 6.20. The van der Waals surface area contributed by atoms with Crippen molar-refractivity contribution in [2.45, 2.75) is 12.8 Å². The molecule has 19 heavy (non-hydrogen) atoms. The highest BCUT2D eigenvalue weighted by Gasteiger charge is 2.26. The molecule has 1 aliphatic heterocycles. The number of rotatable bonds is 2. The van der Waals surface area contributed by atoms with Crippen LogP contribution in [0, 0.1) is 5.92 Å². The molecule has 0 saturated carbocycles. The quantitative estimate of drug-likeness (QED) is 0.823. The molecule has 1 saturated heterocycles. The highest BCUT2D eigenvalue weighted by atomic mass is 79.9. The molecule has 2 rings (SSSR count). The fourth-order valence-electron chi connectivity index (χ4n) is 2.21. The molecule has 1 aromatic carbocycles. The van der Waals surface area contributed by atoms with Gasteiger partial charge in [-0.3, -0.25) is 4.79 Å². The van der Waals surface area contributed by atoms with E-state index in [0.717, 1.165) is 23.9 Å². The highest BCUT2D eigenvalue weighted by Crippen LogP contribution is 2.25. The maximum absolute atomic E-state index is 12.4. The lowest BCUT2D eigenvalue weighted by molar-refractivity contribution is 0.0703. The highest BCUT2D eigenvalue weighted by molar-refractivity contribution is 9.10. The Balaban J connectivity index is 2.14. The van der Waals surface area contributed by atoms with Crippen LogP contribution in [0.5, 0.6) is 0 Å². The fraction of sp³-hybridized carbons (Fsp3) is 0.385. The Kier molecular flexibility index (Phi) is 4.81. The number of carbonyl (C=O) groups is 1. The molecule has 6 heteroatoms. The number of piperidine rings is 1. The monoisotopic (exact) mass is 360 g/mol. The Morgan fingerprint density at radius 3 is 2.89 bits per heavy atom. The first-order valence-electron chi connectivity index (χ1n) is 6.02. The summed E-state index contributed by atoms with van der Waals surface area (Å²) in [4.78, 5) is 14.7. The molecule has 1 fully saturated rings. The third-order valence-electron chi connectivity index (χ3n) is 3.28. The number of nitrogens with two attached hydrogens (primary N) is 1. The van der Waals surface area contributed by atoms with Gasteiger partial charge in [0.25, 0.3) is 5.91 Å². The molecule has 2 N–H and O–H groups in total. The molecule has 1 heterocycles. The van der Waals surface area contributed by atoms with Crippen molar-refractivity contribution in [1.82, 2.24) is 4.90 Å². The average molecular weight is 362 g/mol. The van der Waals surface area contributed by atoms with Crippen LogP contribution in [-0.2, 0) is 0 Å². The van der Waals surface area contributed by atoms with Crippen LogP contribution in [0.15, 0.2) is 22.7 Å². The smallest absolute Gasteiger partial charge is 0.253 e. The van der Waals surface area contributed by atoms with Gasteiger partial charge in [-0.2, -0.15) is 0 Å². The van der Waals surface area contributed by atoms with E-state index < -0.39 is 0 Å². The molecular formula is C13H14BrClN2OS. The summed E-state index contributed by atoms with van der Waals surface area (Å²) in [6, 6.07) is 5.23. The minimum absolute atomic E-state index is 0.0182. The van der Waals surface area contributed by atoms with Gasteiger partial charge in [-0.15, -0.1) is 0 Å². The third kappa shape index (κ3) is 3.46. The summed E-state index contributed by atoms with van der Waals surface area (Å²) < 4.78 is 0.783. The predicted molar refractivity (Wildman–Crippen MR) is 84.6 cm³/mol. The minimum atomic E-state index is -0.0182. The fourth-order valence-corrected chi connectivity index (χ4v) is 2.83. The summed E-state index contributed by atoms with van der Waals surface area (Å²) in [5.74, 6) is 0.106. The van der Waals surface area contributed by atoms with E-state index >= 15 is 0 Å². The van der Waals surface area contributed by atoms with Crippen LogP contribution in [0.2, 0.25) is 5.02 Å². The molecule has 1 aliphatic rings. The zero-order valence-electron chi connectivity index (χ0n) is 10.2. The van der Waals surface area contributed by atoms with Crippen molar-refractivity contribution < 1.29 is 4.79 Å². The summed E-state index contributed by atoms with van der Waals surface area (Å²) in [5.41, 5.74) is 6.27.